The summed E-state index contributed by atoms with van der Waals surface area (Å²) in [5.41, 5.74) is 1.92. The lowest BCUT2D eigenvalue weighted by molar-refractivity contribution is -0.101. The highest BCUT2D eigenvalue weighted by Gasteiger charge is 2.46. The van der Waals surface area contributed by atoms with Gasteiger partial charge in [-0.2, -0.15) is 8.42 Å². The molecule has 1 amide bonds. The predicted octanol–water partition coefficient (Wildman–Crippen LogP) is 2.99. The van der Waals surface area contributed by atoms with Gasteiger partial charge in [0.25, 0.3) is 16.0 Å². The summed E-state index contributed by atoms with van der Waals surface area (Å²) >= 11 is 0. The smallest absolute Gasteiger partial charge is 0.410 e. The Bertz CT molecular complexity index is 967. The van der Waals surface area contributed by atoms with Crippen LogP contribution in [-0.2, 0) is 21.5 Å². The Labute approximate surface area is 185 Å². The molecular formula is C20H26F2N4O5S. The number of amides is 1. The summed E-state index contributed by atoms with van der Waals surface area (Å²) in [6.45, 7) is 1.70. The third-order valence-electron chi connectivity index (χ3n) is 4.60. The minimum absolute atomic E-state index is 0.0693. The number of aromatic nitrogens is 2. The maximum absolute atomic E-state index is 14.5. The zero-order chi connectivity index (χ0) is 23.8. The number of carbonyl (C=O) groups is 1. The summed E-state index contributed by atoms with van der Waals surface area (Å²) in [6.07, 6.45) is 3.09. The van der Waals surface area contributed by atoms with Crippen LogP contribution >= 0.6 is 0 Å². The van der Waals surface area contributed by atoms with Crippen LogP contribution in [0, 0.1) is 12.8 Å². The Kier molecular flexibility index (Phi) is 8.84. The number of anilines is 1. The van der Waals surface area contributed by atoms with Gasteiger partial charge in [-0.15, -0.1) is 0 Å². The van der Waals surface area contributed by atoms with Crippen LogP contribution in [0.1, 0.15) is 17.5 Å². The van der Waals surface area contributed by atoms with Gasteiger partial charge >= 0.3 is 6.09 Å². The monoisotopic (exact) mass is 472 g/mol. The van der Waals surface area contributed by atoms with E-state index < -0.39 is 34.6 Å². The third-order valence-corrected chi connectivity index (χ3v) is 4.60. The predicted molar refractivity (Wildman–Crippen MR) is 114 cm³/mol. The fraction of sp³-hybridized carbons (Fsp3) is 0.450. The molecule has 0 saturated carbocycles. The van der Waals surface area contributed by atoms with Gasteiger partial charge in [0.05, 0.1) is 12.8 Å². The minimum atomic E-state index is -3.67. The van der Waals surface area contributed by atoms with Crippen molar-refractivity contribution in [2.24, 2.45) is 5.92 Å². The highest BCUT2D eigenvalue weighted by molar-refractivity contribution is 7.85. The number of halogens is 2. The zero-order valence-electron chi connectivity index (χ0n) is 17.7. The number of carbonyl (C=O) groups excluding carboxylic acids is 1. The number of nitrogens with zero attached hydrogens (tertiary/aromatic N) is 3. The molecule has 1 aromatic carbocycles. The standard InChI is InChI=1S/C19H22F2N4O2.CH4O3S/c1-14-2-4-15(5-3-14)11-27-18(26)25-9-7-16(19(20,21)12-25)10-23-17-6-8-22-13-24-17;1-5(2,3)4/h2-6,8,13,16H,7,9-12H2,1H3,(H,22,23,24);1H3,(H,2,3,4). The molecule has 1 aromatic heterocycles. The SMILES string of the molecule is CS(=O)(=O)O.Cc1ccc(COC(=O)N2CCC(CNc3ccncn3)C(F)(F)C2)cc1. The van der Waals surface area contributed by atoms with Crippen molar-refractivity contribution in [3.05, 3.63) is 54.0 Å². The lowest BCUT2D eigenvalue weighted by Crippen LogP contribution is -2.52. The molecule has 1 saturated heterocycles. The van der Waals surface area contributed by atoms with Gasteiger partial charge in [-0.05, 0) is 25.0 Å². The fourth-order valence-electron chi connectivity index (χ4n) is 2.94. The Morgan fingerprint density at radius 2 is 1.97 bits per heavy atom. The van der Waals surface area contributed by atoms with Crippen molar-refractivity contribution >= 4 is 22.0 Å². The molecule has 1 aliphatic rings. The number of aryl methyl sites for hydroxylation is 1. The lowest BCUT2D eigenvalue weighted by atomic mass is 9.93. The van der Waals surface area contributed by atoms with Gasteiger partial charge in [0.1, 0.15) is 18.8 Å². The molecule has 0 radical (unpaired) electrons. The van der Waals surface area contributed by atoms with Crippen LogP contribution in [0.2, 0.25) is 0 Å². The molecule has 2 aromatic rings. The van der Waals surface area contributed by atoms with E-state index in [1.807, 2.05) is 31.2 Å². The highest BCUT2D eigenvalue weighted by Crippen LogP contribution is 2.33. The molecule has 9 nitrogen and oxygen atoms in total. The van der Waals surface area contributed by atoms with E-state index in [0.29, 0.717) is 12.1 Å². The van der Waals surface area contributed by atoms with Crippen molar-refractivity contribution in [1.29, 1.82) is 0 Å². The first-order valence-corrected chi connectivity index (χ1v) is 11.6. The highest BCUT2D eigenvalue weighted by atomic mass is 32.2. The van der Waals surface area contributed by atoms with E-state index in [9.17, 15) is 22.0 Å². The van der Waals surface area contributed by atoms with Crippen molar-refractivity contribution in [3.63, 3.8) is 0 Å². The second kappa shape index (κ2) is 11.1. The van der Waals surface area contributed by atoms with Crippen LogP contribution in [0.3, 0.4) is 0 Å². The summed E-state index contributed by atoms with van der Waals surface area (Å²) in [5, 5.41) is 2.90. The van der Waals surface area contributed by atoms with Crippen LogP contribution in [0.15, 0.2) is 42.9 Å². The maximum atomic E-state index is 14.5. The van der Waals surface area contributed by atoms with Gasteiger partial charge < -0.3 is 15.0 Å². The molecule has 12 heteroatoms. The molecule has 1 atom stereocenters. The summed E-state index contributed by atoms with van der Waals surface area (Å²) in [4.78, 5) is 21.0. The van der Waals surface area contributed by atoms with Gasteiger partial charge in [0.15, 0.2) is 0 Å². The third kappa shape index (κ3) is 9.10. The molecule has 0 spiro atoms. The van der Waals surface area contributed by atoms with E-state index in [-0.39, 0.29) is 26.1 Å². The molecule has 3 rings (SSSR count). The van der Waals surface area contributed by atoms with Gasteiger partial charge in [-0.3, -0.25) is 4.55 Å². The van der Waals surface area contributed by atoms with E-state index >= 15 is 0 Å². The molecule has 2 heterocycles. The largest absolute Gasteiger partial charge is 0.445 e. The van der Waals surface area contributed by atoms with E-state index in [2.05, 4.69) is 15.3 Å². The molecule has 1 fully saturated rings. The van der Waals surface area contributed by atoms with Crippen LogP contribution in [0.25, 0.3) is 0 Å². The number of piperidine rings is 1. The molecule has 0 aliphatic carbocycles. The second-order valence-electron chi connectivity index (χ2n) is 7.42. The first-order valence-electron chi connectivity index (χ1n) is 9.71. The Balaban J connectivity index is 0.000000654. The lowest BCUT2D eigenvalue weighted by Gasteiger charge is -2.37. The summed E-state index contributed by atoms with van der Waals surface area (Å²) in [7, 11) is -3.67. The Hall–Kier alpha value is -2.86. The normalized spacial score (nSPS) is 17.7. The van der Waals surface area contributed by atoms with Gasteiger partial charge in [-0.25, -0.2) is 23.5 Å². The van der Waals surface area contributed by atoms with Crippen LogP contribution in [0.4, 0.5) is 19.4 Å². The molecule has 2 N–H and O–H groups in total. The quantitative estimate of drug-likeness (QED) is 0.637. The number of likely N-dealkylation sites (tertiary alicyclic amines) is 1. The fourth-order valence-corrected chi connectivity index (χ4v) is 2.94. The number of rotatable bonds is 5. The average Bonchev–Trinajstić information content (AvgIpc) is 2.71. The van der Waals surface area contributed by atoms with Gasteiger partial charge in [-0.1, -0.05) is 29.8 Å². The number of nitrogens with one attached hydrogen (secondary N) is 1. The summed E-state index contributed by atoms with van der Waals surface area (Å²) in [5.74, 6) is -3.38. The van der Waals surface area contributed by atoms with E-state index in [0.717, 1.165) is 16.0 Å². The molecule has 1 aliphatic heterocycles. The molecular weight excluding hydrogens is 446 g/mol. The van der Waals surface area contributed by atoms with Crippen molar-refractivity contribution in [1.82, 2.24) is 14.9 Å². The summed E-state index contributed by atoms with van der Waals surface area (Å²) in [6, 6.07) is 9.14. The van der Waals surface area contributed by atoms with Crippen LogP contribution in [-0.4, -0.2) is 65.7 Å². The topological polar surface area (TPSA) is 122 Å². The van der Waals surface area contributed by atoms with Gasteiger partial charge in [0, 0.05) is 25.2 Å². The van der Waals surface area contributed by atoms with Crippen molar-refractivity contribution in [2.45, 2.75) is 25.9 Å². The summed E-state index contributed by atoms with van der Waals surface area (Å²) < 4.78 is 60.0. The van der Waals surface area contributed by atoms with E-state index in [1.165, 1.54) is 6.33 Å². The Morgan fingerprint density at radius 1 is 1.31 bits per heavy atom. The Morgan fingerprint density at radius 3 is 2.53 bits per heavy atom. The number of alkyl halides is 2. The molecule has 1 unspecified atom stereocenters. The molecule has 176 valence electrons. The van der Waals surface area contributed by atoms with Gasteiger partial charge in [0.2, 0.25) is 0 Å². The molecule has 32 heavy (non-hydrogen) atoms. The van der Waals surface area contributed by atoms with Crippen LogP contribution < -0.4 is 5.32 Å². The first-order chi connectivity index (χ1) is 14.9. The maximum Gasteiger partial charge on any atom is 0.410 e. The van der Waals surface area contributed by atoms with E-state index in [1.54, 1.807) is 12.3 Å². The minimum Gasteiger partial charge on any atom is -0.445 e. The number of ether oxygens (including phenoxy) is 1. The average molecular weight is 473 g/mol. The first kappa shape index (κ1) is 25.4. The molecule has 0 bridgehead atoms. The number of hydrogen-bond donors (Lipinski definition) is 2. The number of benzene rings is 1. The van der Waals surface area contributed by atoms with E-state index in [4.69, 9.17) is 9.29 Å². The second-order valence-corrected chi connectivity index (χ2v) is 8.88. The van der Waals surface area contributed by atoms with Crippen molar-refractivity contribution in [3.8, 4) is 0 Å². The van der Waals surface area contributed by atoms with Crippen molar-refractivity contribution in [2.75, 3.05) is 31.2 Å². The number of hydrogen-bond acceptors (Lipinski definition) is 7. The van der Waals surface area contributed by atoms with Crippen LogP contribution in [0.5, 0.6) is 0 Å². The zero-order valence-corrected chi connectivity index (χ0v) is 18.6. The van der Waals surface area contributed by atoms with Crippen molar-refractivity contribution < 1.29 is 31.3 Å².